The van der Waals surface area contributed by atoms with Crippen molar-refractivity contribution in [2.24, 2.45) is 0 Å². The second kappa shape index (κ2) is 7.15. The molecule has 0 heterocycles. The minimum Gasteiger partial charge on any atom is -0.497 e. The van der Waals surface area contributed by atoms with E-state index in [1.807, 2.05) is 0 Å². The molecule has 0 spiro atoms. The van der Waals surface area contributed by atoms with Gasteiger partial charge in [-0.1, -0.05) is 0 Å². The van der Waals surface area contributed by atoms with E-state index in [9.17, 15) is 14.4 Å². The fourth-order valence-corrected chi connectivity index (χ4v) is 1.37. The summed E-state index contributed by atoms with van der Waals surface area (Å²) < 4.78 is 4.96. The van der Waals surface area contributed by atoms with Crippen LogP contribution in [0.1, 0.15) is 23.2 Å². The molecule has 0 bridgehead atoms. The highest BCUT2D eigenvalue weighted by Gasteiger charge is 2.09. The first-order chi connectivity index (χ1) is 9.02. The van der Waals surface area contributed by atoms with Crippen molar-refractivity contribution in [3.05, 3.63) is 29.8 Å². The van der Waals surface area contributed by atoms with E-state index in [4.69, 9.17) is 9.84 Å². The first-order valence-electron chi connectivity index (χ1n) is 5.68. The van der Waals surface area contributed by atoms with Crippen molar-refractivity contribution < 1.29 is 24.2 Å². The van der Waals surface area contributed by atoms with Gasteiger partial charge in [0.15, 0.2) is 5.78 Å². The molecule has 102 valence electrons. The molecule has 0 aromatic heterocycles. The second-order valence-electron chi connectivity index (χ2n) is 3.82. The molecule has 2 N–H and O–H groups in total. The van der Waals surface area contributed by atoms with E-state index in [0.717, 1.165) is 0 Å². The van der Waals surface area contributed by atoms with Gasteiger partial charge >= 0.3 is 5.97 Å². The number of rotatable bonds is 7. The summed E-state index contributed by atoms with van der Waals surface area (Å²) >= 11 is 0. The Kier molecular flexibility index (Phi) is 5.53. The molecule has 0 radical (unpaired) electrons. The molecule has 19 heavy (non-hydrogen) atoms. The molecule has 0 aliphatic heterocycles. The number of ketones is 1. The van der Waals surface area contributed by atoms with Crippen molar-refractivity contribution in [1.82, 2.24) is 5.32 Å². The zero-order valence-corrected chi connectivity index (χ0v) is 10.5. The number of methoxy groups -OCH3 is 1. The number of nitrogens with one attached hydrogen (secondary N) is 1. The Bertz CT molecular complexity index is 466. The van der Waals surface area contributed by atoms with E-state index in [1.54, 1.807) is 24.3 Å². The maximum absolute atomic E-state index is 11.7. The van der Waals surface area contributed by atoms with Crippen LogP contribution >= 0.6 is 0 Å². The zero-order chi connectivity index (χ0) is 14.3. The van der Waals surface area contributed by atoms with Crippen molar-refractivity contribution in [3.63, 3.8) is 0 Å². The van der Waals surface area contributed by atoms with Crippen LogP contribution in [0.25, 0.3) is 0 Å². The normalized spacial score (nSPS) is 9.74. The van der Waals surface area contributed by atoms with E-state index >= 15 is 0 Å². The number of carbonyl (C=O) groups is 3. The van der Waals surface area contributed by atoms with Gasteiger partial charge in [-0.2, -0.15) is 0 Å². The number of amides is 1. The lowest BCUT2D eigenvalue weighted by Crippen LogP contribution is -2.29. The summed E-state index contributed by atoms with van der Waals surface area (Å²) in [6, 6.07) is 6.51. The minimum atomic E-state index is -1.04. The van der Waals surface area contributed by atoms with Gasteiger partial charge in [0.2, 0.25) is 5.91 Å². The predicted molar refractivity (Wildman–Crippen MR) is 67.2 cm³/mol. The lowest BCUT2D eigenvalue weighted by molar-refractivity contribution is -0.138. The number of Topliss-reactive ketones (excluding diaryl/α,β-unsaturated/α-hetero) is 1. The molecule has 6 nitrogen and oxygen atoms in total. The van der Waals surface area contributed by atoms with Crippen molar-refractivity contribution in [1.29, 1.82) is 0 Å². The van der Waals surface area contributed by atoms with Crippen molar-refractivity contribution in [2.45, 2.75) is 12.8 Å². The lowest BCUT2D eigenvalue weighted by atomic mass is 10.1. The number of ether oxygens (including phenoxy) is 1. The maximum Gasteiger partial charge on any atom is 0.303 e. The molecule has 1 rings (SSSR count). The summed E-state index contributed by atoms with van der Waals surface area (Å²) in [6.07, 6.45) is -0.381. The Hall–Kier alpha value is -2.37. The first kappa shape index (κ1) is 14.7. The molecule has 0 saturated carbocycles. The minimum absolute atomic E-state index is 0.134. The Morgan fingerprint density at radius 3 is 2.32 bits per heavy atom. The van der Waals surface area contributed by atoms with Crippen LogP contribution in [0.2, 0.25) is 0 Å². The van der Waals surface area contributed by atoms with Gasteiger partial charge in [0.1, 0.15) is 5.75 Å². The fourth-order valence-electron chi connectivity index (χ4n) is 1.37. The molecule has 1 amide bonds. The van der Waals surface area contributed by atoms with E-state index < -0.39 is 11.9 Å². The highest BCUT2D eigenvalue weighted by atomic mass is 16.5. The van der Waals surface area contributed by atoms with Crippen LogP contribution in [0, 0.1) is 0 Å². The van der Waals surface area contributed by atoms with Crippen LogP contribution in [0.15, 0.2) is 24.3 Å². The number of hydrogen-bond acceptors (Lipinski definition) is 4. The average Bonchev–Trinajstić information content (AvgIpc) is 2.42. The molecule has 0 saturated heterocycles. The third kappa shape index (κ3) is 5.20. The molecule has 0 atom stereocenters. The number of carbonyl (C=O) groups excluding carboxylic acids is 2. The van der Waals surface area contributed by atoms with E-state index in [0.29, 0.717) is 11.3 Å². The van der Waals surface area contributed by atoms with Gasteiger partial charge in [0, 0.05) is 12.0 Å². The van der Waals surface area contributed by atoms with E-state index in [-0.39, 0.29) is 25.2 Å². The second-order valence-corrected chi connectivity index (χ2v) is 3.82. The lowest BCUT2D eigenvalue weighted by Gasteiger charge is -2.05. The van der Waals surface area contributed by atoms with E-state index in [1.165, 1.54) is 7.11 Å². The molecular weight excluding hydrogens is 250 g/mol. The Morgan fingerprint density at radius 1 is 1.16 bits per heavy atom. The molecule has 0 unspecified atom stereocenters. The number of hydrogen-bond donors (Lipinski definition) is 2. The van der Waals surface area contributed by atoms with Gasteiger partial charge in [-0.05, 0) is 24.3 Å². The van der Waals surface area contributed by atoms with Crippen LogP contribution in [-0.4, -0.2) is 36.4 Å². The van der Waals surface area contributed by atoms with Gasteiger partial charge in [0.25, 0.3) is 0 Å². The molecular formula is C13H15NO5. The number of benzene rings is 1. The summed E-state index contributed by atoms with van der Waals surface area (Å²) in [5.41, 5.74) is 0.458. The molecule has 1 aromatic rings. The molecule has 6 heteroatoms. The van der Waals surface area contributed by atoms with Crippen LogP contribution in [-0.2, 0) is 9.59 Å². The van der Waals surface area contributed by atoms with Gasteiger partial charge in [-0.15, -0.1) is 0 Å². The Morgan fingerprint density at radius 2 is 1.79 bits per heavy atom. The zero-order valence-electron chi connectivity index (χ0n) is 10.5. The van der Waals surface area contributed by atoms with Crippen LogP contribution < -0.4 is 10.1 Å². The summed E-state index contributed by atoms with van der Waals surface area (Å²) in [5, 5.41) is 10.8. The third-order valence-corrected chi connectivity index (χ3v) is 2.42. The quantitative estimate of drug-likeness (QED) is 0.713. The summed E-state index contributed by atoms with van der Waals surface area (Å²) in [4.78, 5) is 33.2. The van der Waals surface area contributed by atoms with Gasteiger partial charge < -0.3 is 15.2 Å². The summed E-state index contributed by atoms with van der Waals surface area (Å²) in [7, 11) is 1.53. The first-order valence-corrected chi connectivity index (χ1v) is 5.68. The number of aliphatic carboxylic acids is 1. The SMILES string of the molecule is COc1ccc(C(=O)CNC(=O)CCC(=O)O)cc1. The van der Waals surface area contributed by atoms with Crippen molar-refractivity contribution >= 4 is 17.7 Å². The largest absolute Gasteiger partial charge is 0.497 e. The predicted octanol–water partition coefficient (Wildman–Crippen LogP) is 0.859. The smallest absolute Gasteiger partial charge is 0.303 e. The monoisotopic (exact) mass is 265 g/mol. The van der Waals surface area contributed by atoms with Crippen LogP contribution in [0.3, 0.4) is 0 Å². The summed E-state index contributed by atoms with van der Waals surface area (Å²) in [6.45, 7) is -0.148. The topological polar surface area (TPSA) is 92.7 Å². The van der Waals surface area contributed by atoms with Gasteiger partial charge in [-0.3, -0.25) is 14.4 Å². The molecule has 0 aliphatic carbocycles. The van der Waals surface area contributed by atoms with Crippen molar-refractivity contribution in [2.75, 3.05) is 13.7 Å². The van der Waals surface area contributed by atoms with Crippen molar-refractivity contribution in [3.8, 4) is 5.75 Å². The highest BCUT2D eigenvalue weighted by molar-refractivity contribution is 5.99. The molecule has 1 aromatic carbocycles. The van der Waals surface area contributed by atoms with Crippen LogP contribution in [0.5, 0.6) is 5.75 Å². The fraction of sp³-hybridized carbons (Fsp3) is 0.308. The maximum atomic E-state index is 11.7. The Labute approximate surface area is 110 Å². The average molecular weight is 265 g/mol. The third-order valence-electron chi connectivity index (χ3n) is 2.42. The standard InChI is InChI=1S/C13H15NO5/c1-19-10-4-2-9(3-5-10)11(15)8-14-12(16)6-7-13(17)18/h2-5H,6-8H2,1H3,(H,14,16)(H,17,18). The Balaban J connectivity index is 2.42. The van der Waals surface area contributed by atoms with Gasteiger partial charge in [0.05, 0.1) is 20.1 Å². The number of carboxylic acids is 1. The van der Waals surface area contributed by atoms with Gasteiger partial charge in [-0.25, -0.2) is 0 Å². The van der Waals surface area contributed by atoms with Crippen LogP contribution in [0.4, 0.5) is 0 Å². The molecule has 0 fully saturated rings. The van der Waals surface area contributed by atoms with E-state index in [2.05, 4.69) is 5.32 Å². The molecule has 0 aliphatic rings. The summed E-state index contributed by atoms with van der Waals surface area (Å²) in [5.74, 6) is -1.10. The number of carboxylic acid groups (broad SMARTS) is 1. The highest BCUT2D eigenvalue weighted by Crippen LogP contribution is 2.11.